The van der Waals surface area contributed by atoms with Crippen molar-refractivity contribution in [1.29, 1.82) is 0 Å². The highest BCUT2D eigenvalue weighted by atomic mass is 19.4. The van der Waals surface area contributed by atoms with Crippen LogP contribution in [0.15, 0.2) is 42.5 Å². The van der Waals surface area contributed by atoms with E-state index in [1.54, 1.807) is 11.0 Å². The standard InChI is InChI=1S/C27H28F4N2O4/c28-17-8-13-23-21(15-17)25(32(18-9-10-18)14-2-5-24(34)35)20-3-1-4-22(20)33(23)26(36)16-6-11-19(12-7-16)37-27(29,30)31/h6-8,11-13,15,18,20,22,25H,1-5,9-10,14H2,(H,34,35). The molecule has 1 aliphatic heterocycles. The molecule has 2 aromatic carbocycles. The molecular weight excluding hydrogens is 492 g/mol. The Hall–Kier alpha value is -3.14. The zero-order chi connectivity index (χ0) is 26.3. The minimum Gasteiger partial charge on any atom is -0.481 e. The minimum absolute atomic E-state index is 0.0384. The lowest BCUT2D eigenvalue weighted by Gasteiger charge is -2.48. The second kappa shape index (κ2) is 9.96. The first-order chi connectivity index (χ1) is 17.6. The van der Waals surface area contributed by atoms with E-state index in [9.17, 15) is 27.2 Å². The molecule has 5 rings (SSSR count). The number of ether oxygens (including phenoxy) is 1. The largest absolute Gasteiger partial charge is 0.573 e. The number of rotatable bonds is 8. The van der Waals surface area contributed by atoms with Gasteiger partial charge in [-0.3, -0.25) is 14.5 Å². The lowest BCUT2D eigenvalue weighted by Crippen LogP contribution is -2.52. The summed E-state index contributed by atoms with van der Waals surface area (Å²) in [6.45, 7) is 0.579. The fraction of sp³-hybridized carbons (Fsp3) is 0.481. The highest BCUT2D eigenvalue weighted by molar-refractivity contribution is 6.07. The summed E-state index contributed by atoms with van der Waals surface area (Å²) in [6, 6.07) is 9.27. The van der Waals surface area contributed by atoms with Gasteiger partial charge in [0.1, 0.15) is 11.6 Å². The number of carboxylic acids is 1. The number of hydrogen-bond acceptors (Lipinski definition) is 4. The number of carbonyl (C=O) groups excluding carboxylic acids is 1. The Balaban J connectivity index is 1.49. The van der Waals surface area contributed by atoms with Gasteiger partial charge in [0.2, 0.25) is 0 Å². The number of nitrogens with zero attached hydrogens (tertiary/aromatic N) is 2. The third-order valence-electron chi connectivity index (χ3n) is 7.57. The average molecular weight is 521 g/mol. The van der Waals surface area contributed by atoms with Crippen LogP contribution in [0.4, 0.5) is 23.2 Å². The fourth-order valence-corrected chi connectivity index (χ4v) is 6.04. The zero-order valence-corrected chi connectivity index (χ0v) is 20.1. The number of fused-ring (bicyclic) bond motifs is 2. The molecule has 0 saturated heterocycles. The van der Waals surface area contributed by atoms with E-state index >= 15 is 0 Å². The quantitative estimate of drug-likeness (QED) is 0.438. The van der Waals surface area contributed by atoms with Crippen LogP contribution in [0, 0.1) is 11.7 Å². The topological polar surface area (TPSA) is 70.1 Å². The Kier molecular flexibility index (Phi) is 6.87. The summed E-state index contributed by atoms with van der Waals surface area (Å²) < 4.78 is 56.2. The zero-order valence-electron chi connectivity index (χ0n) is 20.1. The van der Waals surface area contributed by atoms with E-state index in [0.717, 1.165) is 44.2 Å². The molecular formula is C27H28F4N2O4. The number of halogens is 4. The number of benzene rings is 2. The summed E-state index contributed by atoms with van der Waals surface area (Å²) >= 11 is 0. The molecule has 6 nitrogen and oxygen atoms in total. The van der Waals surface area contributed by atoms with Crippen LogP contribution < -0.4 is 9.64 Å². The van der Waals surface area contributed by atoms with Crippen LogP contribution in [-0.2, 0) is 4.79 Å². The summed E-state index contributed by atoms with van der Waals surface area (Å²) in [4.78, 5) is 28.9. The maximum Gasteiger partial charge on any atom is 0.573 e. The highest BCUT2D eigenvalue weighted by Gasteiger charge is 2.50. The molecule has 2 aliphatic carbocycles. The first-order valence-corrected chi connectivity index (χ1v) is 12.6. The van der Waals surface area contributed by atoms with Crippen molar-refractivity contribution < 1.29 is 37.0 Å². The molecule has 3 aliphatic rings. The van der Waals surface area contributed by atoms with Gasteiger partial charge in [0.25, 0.3) is 5.91 Å². The normalized spacial score (nSPS) is 23.1. The van der Waals surface area contributed by atoms with Crippen molar-refractivity contribution in [1.82, 2.24) is 4.90 Å². The highest BCUT2D eigenvalue weighted by Crippen LogP contribution is 2.53. The number of anilines is 1. The summed E-state index contributed by atoms with van der Waals surface area (Å²) in [5.74, 6) is -2.00. The van der Waals surface area contributed by atoms with Gasteiger partial charge in [-0.15, -0.1) is 13.2 Å². The van der Waals surface area contributed by atoms with Gasteiger partial charge < -0.3 is 14.7 Å². The molecule has 0 aromatic heterocycles. The molecule has 3 unspecified atom stereocenters. The van der Waals surface area contributed by atoms with Crippen LogP contribution in [0.25, 0.3) is 0 Å². The Bertz CT molecular complexity index is 1170. The van der Waals surface area contributed by atoms with Crippen LogP contribution in [0.1, 0.15) is 66.9 Å². The SMILES string of the molecule is O=C(O)CCCN(C1CC1)C1c2cc(F)ccc2N(C(=O)c2ccc(OC(F)(F)F)cc2)C2CCCC21. The first kappa shape index (κ1) is 25.5. The molecule has 1 amide bonds. The molecule has 0 radical (unpaired) electrons. The van der Waals surface area contributed by atoms with Gasteiger partial charge in [-0.2, -0.15) is 0 Å². The Labute approximate surface area is 211 Å². The van der Waals surface area contributed by atoms with Crippen molar-refractivity contribution in [3.63, 3.8) is 0 Å². The van der Waals surface area contributed by atoms with Crippen molar-refractivity contribution in [3.8, 4) is 5.75 Å². The van der Waals surface area contributed by atoms with Crippen molar-refractivity contribution in [3.05, 3.63) is 59.4 Å². The third kappa shape index (κ3) is 5.44. The predicted octanol–water partition coefficient (Wildman–Crippen LogP) is 5.92. The van der Waals surface area contributed by atoms with Gasteiger partial charge in [0, 0.05) is 35.8 Å². The Morgan fingerprint density at radius 2 is 1.78 bits per heavy atom. The molecule has 0 bridgehead atoms. The lowest BCUT2D eigenvalue weighted by molar-refractivity contribution is -0.274. The summed E-state index contributed by atoms with van der Waals surface area (Å²) in [7, 11) is 0. The molecule has 37 heavy (non-hydrogen) atoms. The maximum absolute atomic E-state index is 14.6. The van der Waals surface area contributed by atoms with Gasteiger partial charge in [0.05, 0.1) is 0 Å². The van der Waals surface area contributed by atoms with Gasteiger partial charge in [0.15, 0.2) is 0 Å². The molecule has 2 saturated carbocycles. The first-order valence-electron chi connectivity index (χ1n) is 12.6. The van der Waals surface area contributed by atoms with Gasteiger partial charge in [-0.1, -0.05) is 6.42 Å². The van der Waals surface area contributed by atoms with Crippen LogP contribution in [0.3, 0.4) is 0 Å². The molecule has 2 aromatic rings. The Morgan fingerprint density at radius 3 is 2.43 bits per heavy atom. The minimum atomic E-state index is -4.83. The average Bonchev–Trinajstić information content (AvgIpc) is 3.56. The number of hydrogen-bond donors (Lipinski definition) is 1. The second-order valence-corrected chi connectivity index (χ2v) is 10.0. The van der Waals surface area contributed by atoms with E-state index in [2.05, 4.69) is 9.64 Å². The molecule has 3 atom stereocenters. The van der Waals surface area contributed by atoms with Crippen molar-refractivity contribution >= 4 is 17.6 Å². The number of carboxylic acid groups (broad SMARTS) is 1. The molecule has 1 heterocycles. The predicted molar refractivity (Wildman–Crippen MR) is 127 cm³/mol. The van der Waals surface area contributed by atoms with Gasteiger partial charge in [-0.05, 0) is 92.6 Å². The van der Waals surface area contributed by atoms with Crippen molar-refractivity contribution in [2.45, 2.75) is 69.4 Å². The van der Waals surface area contributed by atoms with E-state index in [4.69, 9.17) is 5.11 Å². The monoisotopic (exact) mass is 520 g/mol. The molecule has 0 spiro atoms. The fourth-order valence-electron chi connectivity index (χ4n) is 6.04. The van der Waals surface area contributed by atoms with Crippen LogP contribution in [0.5, 0.6) is 5.75 Å². The number of amides is 1. The van der Waals surface area contributed by atoms with Crippen LogP contribution >= 0.6 is 0 Å². The van der Waals surface area contributed by atoms with Crippen molar-refractivity contribution in [2.24, 2.45) is 5.92 Å². The van der Waals surface area contributed by atoms with Crippen LogP contribution in [0.2, 0.25) is 0 Å². The van der Waals surface area contributed by atoms with E-state index in [0.29, 0.717) is 30.3 Å². The molecule has 10 heteroatoms. The van der Waals surface area contributed by atoms with E-state index in [1.165, 1.54) is 24.3 Å². The van der Waals surface area contributed by atoms with Gasteiger partial charge in [-0.25, -0.2) is 4.39 Å². The third-order valence-corrected chi connectivity index (χ3v) is 7.57. The lowest BCUT2D eigenvalue weighted by atomic mass is 9.81. The van der Waals surface area contributed by atoms with E-state index in [1.807, 2.05) is 0 Å². The van der Waals surface area contributed by atoms with Crippen molar-refractivity contribution in [2.75, 3.05) is 11.4 Å². The van der Waals surface area contributed by atoms with E-state index < -0.39 is 23.9 Å². The van der Waals surface area contributed by atoms with E-state index in [-0.39, 0.29) is 35.9 Å². The van der Waals surface area contributed by atoms with Crippen LogP contribution in [-0.4, -0.2) is 46.9 Å². The smallest absolute Gasteiger partial charge is 0.481 e. The summed E-state index contributed by atoms with van der Waals surface area (Å²) in [6.07, 6.45) is 0.199. The molecule has 198 valence electrons. The maximum atomic E-state index is 14.6. The number of alkyl halides is 3. The number of carbonyl (C=O) groups is 2. The summed E-state index contributed by atoms with van der Waals surface area (Å²) in [5.41, 5.74) is 1.52. The Morgan fingerprint density at radius 1 is 1.05 bits per heavy atom. The summed E-state index contributed by atoms with van der Waals surface area (Å²) in [5, 5.41) is 9.14. The number of aliphatic carboxylic acids is 1. The van der Waals surface area contributed by atoms with Gasteiger partial charge >= 0.3 is 12.3 Å². The molecule has 2 fully saturated rings. The second-order valence-electron chi connectivity index (χ2n) is 10.0. The molecule has 1 N–H and O–H groups in total.